The van der Waals surface area contributed by atoms with Crippen molar-refractivity contribution in [2.75, 3.05) is 6.54 Å². The third-order valence-corrected chi connectivity index (χ3v) is 8.01. The van der Waals surface area contributed by atoms with Gasteiger partial charge in [-0.3, -0.25) is 9.48 Å². The van der Waals surface area contributed by atoms with Crippen LogP contribution in [0, 0.1) is 12.7 Å². The second kappa shape index (κ2) is 11.0. The summed E-state index contributed by atoms with van der Waals surface area (Å²) in [5, 5.41) is 7.55. The Kier molecular flexibility index (Phi) is 7.86. The quantitative estimate of drug-likeness (QED) is 0.344. The topological polar surface area (TPSA) is 59.4 Å². The molecule has 1 aromatic heterocycles. The number of carbonyl (C=O) groups excluding carboxylic acids is 1. The zero-order chi connectivity index (χ0) is 30.6. The number of carbonyl (C=O) groups is 1. The van der Waals surface area contributed by atoms with E-state index in [0.717, 1.165) is 5.56 Å². The van der Waals surface area contributed by atoms with Gasteiger partial charge in [-0.15, -0.1) is 0 Å². The summed E-state index contributed by atoms with van der Waals surface area (Å²) in [5.74, 6) is -1.15. The molecule has 0 bridgehead atoms. The fraction of sp³-hybridized carbons (Fsp3) is 0.448. The second-order valence-electron chi connectivity index (χ2n) is 10.9. The van der Waals surface area contributed by atoms with Crippen molar-refractivity contribution in [3.63, 3.8) is 0 Å². The molecule has 5 rings (SSSR count). The Hall–Kier alpha value is -3.45. The number of rotatable bonds is 7. The molecular weight excluding hydrogens is 569 g/mol. The Morgan fingerprint density at radius 2 is 1.74 bits per heavy atom. The number of alkyl halides is 6. The first-order valence-corrected chi connectivity index (χ1v) is 13.3. The number of aryl methyl sites for hydroxylation is 2. The van der Waals surface area contributed by atoms with Gasteiger partial charge in [0.05, 0.1) is 35.6 Å². The monoisotopic (exact) mass is 598 g/mol. The highest BCUT2D eigenvalue weighted by atomic mass is 19.4. The number of amides is 1. The Morgan fingerprint density at radius 3 is 2.31 bits per heavy atom. The Balaban J connectivity index is 1.48. The minimum atomic E-state index is -5.00. The van der Waals surface area contributed by atoms with Crippen LogP contribution in [0.15, 0.2) is 48.8 Å². The van der Waals surface area contributed by atoms with Gasteiger partial charge in [0.1, 0.15) is 5.82 Å². The number of nitrogens with one attached hydrogen (secondary N) is 1. The lowest BCUT2D eigenvalue weighted by Gasteiger charge is -2.31. The second-order valence-corrected chi connectivity index (χ2v) is 10.9. The Morgan fingerprint density at radius 1 is 1.07 bits per heavy atom. The largest absolute Gasteiger partial charge is 0.416 e. The number of aromatic nitrogens is 2. The minimum absolute atomic E-state index is 0.0732. The summed E-state index contributed by atoms with van der Waals surface area (Å²) in [5.41, 5.74) is -0.999. The third kappa shape index (κ3) is 6.03. The summed E-state index contributed by atoms with van der Waals surface area (Å²) < 4.78 is 103. The molecule has 2 saturated heterocycles. The third-order valence-electron chi connectivity index (χ3n) is 8.01. The maximum Gasteiger partial charge on any atom is 0.416 e. The summed E-state index contributed by atoms with van der Waals surface area (Å²) >= 11 is 0. The van der Waals surface area contributed by atoms with Crippen LogP contribution in [0.5, 0.6) is 0 Å². The highest BCUT2D eigenvalue weighted by Crippen LogP contribution is 2.45. The van der Waals surface area contributed by atoms with Crippen LogP contribution in [0.25, 0.3) is 0 Å². The van der Waals surface area contributed by atoms with Crippen molar-refractivity contribution in [1.29, 1.82) is 0 Å². The molecule has 3 heterocycles. The van der Waals surface area contributed by atoms with Crippen molar-refractivity contribution < 1.29 is 40.3 Å². The number of halogens is 7. The predicted octanol–water partition coefficient (Wildman–Crippen LogP) is 5.91. The van der Waals surface area contributed by atoms with Crippen molar-refractivity contribution in [3.05, 3.63) is 88.0 Å². The van der Waals surface area contributed by atoms with Crippen LogP contribution in [0.3, 0.4) is 0 Å². The molecule has 2 aromatic carbocycles. The lowest BCUT2D eigenvalue weighted by molar-refractivity contribution is -0.143. The average molecular weight is 599 g/mol. The molecule has 1 N–H and O–H groups in total. The van der Waals surface area contributed by atoms with Gasteiger partial charge in [-0.1, -0.05) is 6.07 Å². The lowest BCUT2D eigenvalue weighted by atomic mass is 9.84. The normalized spacial score (nSPS) is 23.5. The van der Waals surface area contributed by atoms with Crippen molar-refractivity contribution in [1.82, 2.24) is 20.0 Å². The molecule has 0 spiro atoms. The molecular formula is C29H29F7N4O2. The first kappa shape index (κ1) is 30.0. The maximum absolute atomic E-state index is 14.0. The zero-order valence-corrected chi connectivity index (χ0v) is 22.9. The van der Waals surface area contributed by atoms with Gasteiger partial charge in [0.25, 0.3) is 0 Å². The first-order valence-electron chi connectivity index (χ1n) is 13.3. The van der Waals surface area contributed by atoms with E-state index in [2.05, 4.69) is 10.4 Å². The zero-order valence-electron chi connectivity index (χ0n) is 22.9. The summed E-state index contributed by atoms with van der Waals surface area (Å²) in [6.45, 7) is 3.58. The van der Waals surface area contributed by atoms with E-state index in [0.29, 0.717) is 29.8 Å². The molecule has 0 saturated carbocycles. The van der Waals surface area contributed by atoms with E-state index in [1.165, 1.54) is 19.1 Å². The summed E-state index contributed by atoms with van der Waals surface area (Å²) in [7, 11) is 1.78. The number of hydrogen-bond acceptors (Lipinski definition) is 4. The van der Waals surface area contributed by atoms with Crippen LogP contribution >= 0.6 is 0 Å². The van der Waals surface area contributed by atoms with Crippen LogP contribution in [-0.2, 0) is 35.5 Å². The molecule has 2 aliphatic rings. The van der Waals surface area contributed by atoms with Crippen LogP contribution in [0.1, 0.15) is 58.7 Å². The van der Waals surface area contributed by atoms with Gasteiger partial charge < -0.3 is 15.0 Å². The summed E-state index contributed by atoms with van der Waals surface area (Å²) in [6.07, 6.45) is -8.26. The van der Waals surface area contributed by atoms with E-state index in [1.54, 1.807) is 35.8 Å². The van der Waals surface area contributed by atoms with Gasteiger partial charge in [-0.2, -0.15) is 31.4 Å². The van der Waals surface area contributed by atoms with Gasteiger partial charge in [0, 0.05) is 50.3 Å². The van der Waals surface area contributed by atoms with Gasteiger partial charge in [0.2, 0.25) is 5.91 Å². The molecule has 0 aliphatic carbocycles. The fourth-order valence-corrected chi connectivity index (χ4v) is 6.09. The van der Waals surface area contributed by atoms with E-state index in [-0.39, 0.29) is 36.5 Å². The molecule has 1 unspecified atom stereocenters. The van der Waals surface area contributed by atoms with Gasteiger partial charge in [0.15, 0.2) is 0 Å². The minimum Gasteiger partial charge on any atom is -0.368 e. The molecule has 42 heavy (non-hydrogen) atoms. The summed E-state index contributed by atoms with van der Waals surface area (Å²) in [4.78, 5) is 14.8. The van der Waals surface area contributed by atoms with Crippen LogP contribution in [-0.4, -0.2) is 45.3 Å². The Labute approximate surface area is 237 Å². The van der Waals surface area contributed by atoms with Gasteiger partial charge in [-0.25, -0.2) is 4.39 Å². The van der Waals surface area contributed by atoms with E-state index >= 15 is 0 Å². The molecule has 13 heteroatoms. The van der Waals surface area contributed by atoms with E-state index < -0.39 is 53.5 Å². The van der Waals surface area contributed by atoms with Crippen LogP contribution < -0.4 is 5.32 Å². The van der Waals surface area contributed by atoms with E-state index in [1.807, 2.05) is 6.20 Å². The molecule has 5 atom stereocenters. The van der Waals surface area contributed by atoms with E-state index in [4.69, 9.17) is 4.74 Å². The van der Waals surface area contributed by atoms with E-state index in [9.17, 15) is 35.5 Å². The molecule has 226 valence electrons. The lowest BCUT2D eigenvalue weighted by Crippen LogP contribution is -2.42. The molecule has 1 amide bonds. The van der Waals surface area contributed by atoms with Crippen molar-refractivity contribution in [3.8, 4) is 0 Å². The van der Waals surface area contributed by atoms with Crippen molar-refractivity contribution >= 4 is 5.91 Å². The molecule has 3 aromatic rings. The van der Waals surface area contributed by atoms with Crippen molar-refractivity contribution in [2.24, 2.45) is 7.05 Å². The van der Waals surface area contributed by atoms with Crippen LogP contribution in [0.4, 0.5) is 30.7 Å². The molecule has 2 fully saturated rings. The number of fused-ring (bicyclic) bond motifs is 1. The molecule has 2 aliphatic heterocycles. The standard InChI is InChI=1S/C29H29F7N4O2/c1-15-6-21(30)4-5-22(15)26-24(14-40-25(41)10-23(27(26)40)37-11-17-12-38-39(3)13-17)42-16(2)18-7-19(28(31,32)33)9-20(8-18)29(34,35)36/h4-9,12-13,16,23-24,26-27,37H,10-11,14H2,1-3H3/t16-,23?,24+,26-,27+/m1/s1. The van der Waals surface area contributed by atoms with Crippen molar-refractivity contribution in [2.45, 2.75) is 69.4 Å². The van der Waals surface area contributed by atoms with Gasteiger partial charge >= 0.3 is 12.4 Å². The number of benzene rings is 2. The first-order chi connectivity index (χ1) is 19.6. The number of nitrogens with zero attached hydrogens (tertiary/aromatic N) is 3. The SMILES string of the molecule is Cc1cc(F)ccc1[C@@H]1[C@@H](O[C@H](C)c2cc(C(F)(F)F)cc(C(F)(F)F)c2)CN2C(=O)CC(NCc3cnn(C)c3)[C@@H]12. The average Bonchev–Trinajstić information content (AvgIpc) is 3.56. The number of ether oxygens (including phenoxy) is 1. The Bertz CT molecular complexity index is 1440. The highest BCUT2D eigenvalue weighted by Gasteiger charge is 2.54. The molecule has 0 radical (unpaired) electrons. The maximum atomic E-state index is 14.0. The highest BCUT2D eigenvalue weighted by molar-refractivity contribution is 5.81. The number of hydrogen-bond donors (Lipinski definition) is 1. The smallest absolute Gasteiger partial charge is 0.368 e. The fourth-order valence-electron chi connectivity index (χ4n) is 6.09. The predicted molar refractivity (Wildman–Crippen MR) is 138 cm³/mol. The van der Waals surface area contributed by atoms with Gasteiger partial charge in [-0.05, 0) is 60.9 Å². The summed E-state index contributed by atoms with van der Waals surface area (Å²) in [6, 6.07) is 4.80. The van der Waals surface area contributed by atoms with Crippen LogP contribution in [0.2, 0.25) is 0 Å². The molecule has 6 nitrogen and oxygen atoms in total.